The van der Waals surface area contributed by atoms with Crippen molar-refractivity contribution in [2.45, 2.75) is 5.60 Å². The summed E-state index contributed by atoms with van der Waals surface area (Å²) >= 11 is 12.5. The van der Waals surface area contributed by atoms with Crippen molar-refractivity contribution in [3.05, 3.63) is 123 Å². The number of aliphatic hydroxyl groups is 1. The third-order valence-corrected chi connectivity index (χ3v) is 6.63. The SMILES string of the molecule is Cn1cnc(C(O)(c2ccc(Cl)cc2)c2ccc3c(ccc(=O)n3C)c2-c2cccc(Cl)c2)c1. The fraction of sp³-hybridized carbons (Fsp3) is 0.111. The van der Waals surface area contributed by atoms with Crippen LogP contribution in [0.25, 0.3) is 22.0 Å². The Morgan fingerprint density at radius 2 is 1.68 bits per heavy atom. The van der Waals surface area contributed by atoms with Gasteiger partial charge in [-0.25, -0.2) is 4.98 Å². The smallest absolute Gasteiger partial charge is 0.250 e. The number of nitrogens with zero attached hydrogens (tertiary/aromatic N) is 3. The summed E-state index contributed by atoms with van der Waals surface area (Å²) in [7, 11) is 3.59. The van der Waals surface area contributed by atoms with Crippen LogP contribution in [0.15, 0.2) is 90.1 Å². The van der Waals surface area contributed by atoms with Crippen LogP contribution in [0.3, 0.4) is 0 Å². The van der Waals surface area contributed by atoms with Gasteiger partial charge < -0.3 is 14.2 Å². The maximum atomic E-state index is 12.5. The van der Waals surface area contributed by atoms with E-state index in [9.17, 15) is 9.90 Å². The molecule has 0 fully saturated rings. The summed E-state index contributed by atoms with van der Waals surface area (Å²) in [5, 5.41) is 14.4. The Labute approximate surface area is 206 Å². The van der Waals surface area contributed by atoms with Crippen molar-refractivity contribution in [3.63, 3.8) is 0 Å². The Bertz CT molecular complexity index is 1590. The van der Waals surface area contributed by atoms with Gasteiger partial charge in [0.1, 0.15) is 0 Å². The van der Waals surface area contributed by atoms with Gasteiger partial charge in [-0.15, -0.1) is 0 Å². The first-order valence-corrected chi connectivity index (χ1v) is 11.4. The van der Waals surface area contributed by atoms with E-state index >= 15 is 0 Å². The molecule has 0 aliphatic rings. The van der Waals surface area contributed by atoms with Crippen LogP contribution >= 0.6 is 23.2 Å². The van der Waals surface area contributed by atoms with Gasteiger partial charge in [0.15, 0.2) is 5.60 Å². The number of aryl methyl sites for hydroxylation is 2. The van der Waals surface area contributed by atoms with Gasteiger partial charge >= 0.3 is 0 Å². The molecule has 0 saturated heterocycles. The van der Waals surface area contributed by atoms with E-state index in [0.29, 0.717) is 26.9 Å². The third kappa shape index (κ3) is 3.62. The van der Waals surface area contributed by atoms with Gasteiger partial charge in [0.25, 0.3) is 5.56 Å². The molecule has 0 saturated carbocycles. The summed E-state index contributed by atoms with van der Waals surface area (Å²) < 4.78 is 3.38. The Morgan fingerprint density at radius 1 is 0.912 bits per heavy atom. The maximum Gasteiger partial charge on any atom is 0.250 e. The van der Waals surface area contributed by atoms with Crippen molar-refractivity contribution in [2.75, 3.05) is 0 Å². The Balaban J connectivity index is 1.94. The van der Waals surface area contributed by atoms with Gasteiger partial charge in [-0.3, -0.25) is 4.79 Å². The minimum atomic E-state index is -1.60. The fourth-order valence-electron chi connectivity index (χ4n) is 4.44. The molecule has 5 nitrogen and oxygen atoms in total. The zero-order chi connectivity index (χ0) is 24.0. The number of hydrogen-bond donors (Lipinski definition) is 1. The fourth-order valence-corrected chi connectivity index (χ4v) is 4.76. The van der Waals surface area contributed by atoms with Crippen LogP contribution in [0.2, 0.25) is 10.0 Å². The molecule has 170 valence electrons. The number of benzene rings is 3. The van der Waals surface area contributed by atoms with Crippen molar-refractivity contribution in [1.29, 1.82) is 0 Å². The molecular formula is C27H21Cl2N3O2. The molecule has 0 aliphatic carbocycles. The van der Waals surface area contributed by atoms with E-state index in [1.165, 1.54) is 6.07 Å². The quantitative estimate of drug-likeness (QED) is 0.361. The number of imidazole rings is 1. The zero-order valence-corrected chi connectivity index (χ0v) is 20.0. The Morgan fingerprint density at radius 3 is 2.35 bits per heavy atom. The van der Waals surface area contributed by atoms with E-state index in [1.807, 2.05) is 37.4 Å². The summed E-state index contributed by atoms with van der Waals surface area (Å²) in [6, 6.07) is 21.6. The van der Waals surface area contributed by atoms with Gasteiger partial charge in [-0.2, -0.15) is 0 Å². The highest BCUT2D eigenvalue weighted by Gasteiger charge is 2.39. The molecular weight excluding hydrogens is 469 g/mol. The first-order chi connectivity index (χ1) is 16.3. The molecule has 0 amide bonds. The van der Waals surface area contributed by atoms with E-state index in [1.54, 1.807) is 65.1 Å². The van der Waals surface area contributed by atoms with Crippen molar-refractivity contribution in [2.24, 2.45) is 14.1 Å². The average molecular weight is 490 g/mol. The Kier molecular flexibility index (Phi) is 5.56. The minimum absolute atomic E-state index is 0.116. The number of aromatic nitrogens is 3. The van der Waals surface area contributed by atoms with Crippen LogP contribution in [0, 0.1) is 0 Å². The second-order valence-electron chi connectivity index (χ2n) is 8.30. The highest BCUT2D eigenvalue weighted by molar-refractivity contribution is 6.31. The van der Waals surface area contributed by atoms with Gasteiger partial charge in [0.2, 0.25) is 0 Å². The van der Waals surface area contributed by atoms with Crippen molar-refractivity contribution in [1.82, 2.24) is 14.1 Å². The highest BCUT2D eigenvalue weighted by Crippen LogP contribution is 2.44. The lowest BCUT2D eigenvalue weighted by Crippen LogP contribution is -2.30. The van der Waals surface area contributed by atoms with E-state index in [0.717, 1.165) is 22.0 Å². The molecule has 2 aromatic heterocycles. The number of fused-ring (bicyclic) bond motifs is 1. The van der Waals surface area contributed by atoms with Crippen LogP contribution in [0.5, 0.6) is 0 Å². The first kappa shape index (κ1) is 22.4. The highest BCUT2D eigenvalue weighted by atomic mass is 35.5. The summed E-state index contributed by atoms with van der Waals surface area (Å²) in [5.41, 5.74) is 2.29. The molecule has 0 radical (unpaired) electrons. The van der Waals surface area contributed by atoms with Crippen LogP contribution in [0.4, 0.5) is 0 Å². The van der Waals surface area contributed by atoms with Crippen LogP contribution < -0.4 is 5.56 Å². The van der Waals surface area contributed by atoms with E-state index in [-0.39, 0.29) is 5.56 Å². The topological polar surface area (TPSA) is 60.0 Å². The van der Waals surface area contributed by atoms with Crippen LogP contribution in [-0.4, -0.2) is 19.2 Å². The number of halogens is 2. The third-order valence-electron chi connectivity index (χ3n) is 6.15. The largest absolute Gasteiger partial charge is 0.374 e. The first-order valence-electron chi connectivity index (χ1n) is 10.6. The lowest BCUT2D eigenvalue weighted by atomic mass is 9.78. The normalized spacial score (nSPS) is 13.2. The molecule has 2 heterocycles. The van der Waals surface area contributed by atoms with Crippen molar-refractivity contribution in [3.8, 4) is 11.1 Å². The van der Waals surface area contributed by atoms with Crippen molar-refractivity contribution < 1.29 is 5.11 Å². The van der Waals surface area contributed by atoms with Gasteiger partial charge in [-0.05, 0) is 53.1 Å². The zero-order valence-electron chi connectivity index (χ0n) is 18.5. The lowest BCUT2D eigenvalue weighted by Gasteiger charge is -2.31. The molecule has 5 rings (SSSR count). The second kappa shape index (κ2) is 8.44. The lowest BCUT2D eigenvalue weighted by molar-refractivity contribution is 0.122. The Hall–Kier alpha value is -3.38. The minimum Gasteiger partial charge on any atom is -0.374 e. The van der Waals surface area contributed by atoms with E-state index < -0.39 is 5.60 Å². The molecule has 3 aromatic carbocycles. The molecule has 7 heteroatoms. The molecule has 1 N–H and O–H groups in total. The predicted octanol–water partition coefficient (Wildman–Crippen LogP) is 5.53. The standard InChI is InChI=1S/C27H21Cl2N3O2/c1-31-15-24(30-16-31)27(34,18-6-8-19(28)9-7-18)22-11-12-23-21(10-13-25(33)32(23)2)26(22)17-4-3-5-20(29)14-17/h3-16,34H,1-2H3. The van der Waals surface area contributed by atoms with E-state index in [2.05, 4.69) is 4.98 Å². The monoisotopic (exact) mass is 489 g/mol. The summed E-state index contributed by atoms with van der Waals surface area (Å²) in [4.78, 5) is 16.9. The molecule has 5 aromatic rings. The molecule has 34 heavy (non-hydrogen) atoms. The number of hydrogen-bond acceptors (Lipinski definition) is 3. The average Bonchev–Trinajstić information content (AvgIpc) is 3.27. The van der Waals surface area contributed by atoms with Gasteiger partial charge in [0, 0.05) is 47.4 Å². The molecule has 1 unspecified atom stereocenters. The van der Waals surface area contributed by atoms with Gasteiger partial charge in [0.05, 0.1) is 17.5 Å². The maximum absolute atomic E-state index is 12.5. The molecule has 0 aliphatic heterocycles. The van der Waals surface area contributed by atoms with E-state index in [4.69, 9.17) is 23.2 Å². The second-order valence-corrected chi connectivity index (χ2v) is 9.18. The van der Waals surface area contributed by atoms with Crippen molar-refractivity contribution >= 4 is 34.1 Å². The number of rotatable bonds is 4. The number of pyridine rings is 1. The summed E-state index contributed by atoms with van der Waals surface area (Å²) in [5.74, 6) is 0. The predicted molar refractivity (Wildman–Crippen MR) is 136 cm³/mol. The molecule has 0 bridgehead atoms. The summed E-state index contributed by atoms with van der Waals surface area (Å²) in [6.45, 7) is 0. The van der Waals surface area contributed by atoms with Crippen LogP contribution in [-0.2, 0) is 19.7 Å². The molecule has 0 spiro atoms. The van der Waals surface area contributed by atoms with Crippen LogP contribution in [0.1, 0.15) is 16.8 Å². The van der Waals surface area contributed by atoms with Gasteiger partial charge in [-0.1, -0.05) is 53.5 Å². The molecule has 1 atom stereocenters. The summed E-state index contributed by atoms with van der Waals surface area (Å²) in [6.07, 6.45) is 3.45.